The Morgan fingerprint density at radius 3 is 2.52 bits per heavy atom. The number of anilines is 1. The van der Waals surface area contributed by atoms with Crippen LogP contribution in [0.4, 0.5) is 5.69 Å². The fourth-order valence-electron chi connectivity index (χ4n) is 2.19. The highest BCUT2D eigenvalue weighted by Crippen LogP contribution is 2.22. The second kappa shape index (κ2) is 5.13. The average Bonchev–Trinajstić information content (AvgIpc) is 2.97. The smallest absolute Gasteiger partial charge is 0.250 e. The maximum atomic E-state index is 11.5. The van der Waals surface area contributed by atoms with E-state index in [-0.39, 0.29) is 0 Å². The third kappa shape index (κ3) is 2.49. The highest BCUT2D eigenvalue weighted by Gasteiger charge is 2.12. The zero-order valence-electron chi connectivity index (χ0n) is 11.2. The summed E-state index contributed by atoms with van der Waals surface area (Å²) in [5.74, 6) is -0.533. The van der Waals surface area contributed by atoms with Crippen LogP contribution in [0.3, 0.4) is 0 Å². The third-order valence-electron chi connectivity index (χ3n) is 3.22. The molecule has 1 heterocycles. The number of carbonyl (C=O) groups is 1. The summed E-state index contributed by atoms with van der Waals surface area (Å²) in [5.41, 5.74) is 14.6. The first-order valence-electron chi connectivity index (χ1n) is 6.45. The molecule has 0 fully saturated rings. The van der Waals surface area contributed by atoms with Gasteiger partial charge in [0.15, 0.2) is 0 Å². The van der Waals surface area contributed by atoms with Crippen molar-refractivity contribution in [2.45, 2.75) is 0 Å². The molecule has 0 aliphatic carbocycles. The van der Waals surface area contributed by atoms with Crippen molar-refractivity contribution in [3.05, 3.63) is 66.5 Å². The Bertz CT molecular complexity index is 793. The van der Waals surface area contributed by atoms with Crippen molar-refractivity contribution in [1.29, 1.82) is 0 Å². The summed E-state index contributed by atoms with van der Waals surface area (Å²) in [7, 11) is 0. The van der Waals surface area contributed by atoms with E-state index in [4.69, 9.17) is 11.5 Å². The lowest BCUT2D eigenvalue weighted by molar-refractivity contribution is 0.1000. The van der Waals surface area contributed by atoms with Gasteiger partial charge in [0, 0.05) is 17.4 Å². The average molecular weight is 278 g/mol. The fourth-order valence-corrected chi connectivity index (χ4v) is 2.19. The minimum atomic E-state index is -0.533. The number of carbonyl (C=O) groups excluding carboxylic acids is 1. The van der Waals surface area contributed by atoms with Gasteiger partial charge >= 0.3 is 0 Å². The molecule has 5 nitrogen and oxygen atoms in total. The van der Waals surface area contributed by atoms with Crippen LogP contribution in [0, 0.1) is 0 Å². The van der Waals surface area contributed by atoms with Crippen molar-refractivity contribution in [2.75, 3.05) is 5.73 Å². The molecule has 3 rings (SSSR count). The number of hydrogen-bond donors (Lipinski definition) is 2. The molecule has 0 atom stereocenters. The summed E-state index contributed by atoms with van der Waals surface area (Å²) in [6, 6.07) is 14.9. The summed E-state index contributed by atoms with van der Waals surface area (Å²) in [5, 5.41) is 4.30. The zero-order valence-corrected chi connectivity index (χ0v) is 11.2. The summed E-state index contributed by atoms with van der Waals surface area (Å²) in [6.45, 7) is 0. The van der Waals surface area contributed by atoms with Crippen molar-refractivity contribution >= 4 is 11.6 Å². The van der Waals surface area contributed by atoms with Crippen LogP contribution >= 0.6 is 0 Å². The van der Waals surface area contributed by atoms with E-state index in [1.165, 1.54) is 0 Å². The van der Waals surface area contributed by atoms with Gasteiger partial charge in [0.1, 0.15) is 0 Å². The molecule has 3 aromatic rings. The topological polar surface area (TPSA) is 86.9 Å². The summed E-state index contributed by atoms with van der Waals surface area (Å²) in [6.07, 6.45) is 3.60. The van der Waals surface area contributed by atoms with Crippen LogP contribution in [-0.2, 0) is 0 Å². The monoisotopic (exact) mass is 278 g/mol. The number of rotatable bonds is 3. The maximum Gasteiger partial charge on any atom is 0.250 e. The molecule has 0 bridgehead atoms. The zero-order chi connectivity index (χ0) is 14.8. The van der Waals surface area contributed by atoms with Crippen LogP contribution < -0.4 is 11.5 Å². The number of nitrogens with two attached hydrogens (primary N) is 2. The molecule has 1 aromatic heterocycles. The van der Waals surface area contributed by atoms with Gasteiger partial charge in [-0.25, -0.2) is 4.68 Å². The highest BCUT2D eigenvalue weighted by molar-refractivity contribution is 5.97. The van der Waals surface area contributed by atoms with E-state index < -0.39 is 5.91 Å². The molecule has 5 heteroatoms. The van der Waals surface area contributed by atoms with E-state index in [1.807, 2.05) is 36.5 Å². The molecule has 21 heavy (non-hydrogen) atoms. The summed E-state index contributed by atoms with van der Waals surface area (Å²) in [4.78, 5) is 11.5. The number of aromatic nitrogens is 2. The first-order valence-corrected chi connectivity index (χ1v) is 6.45. The van der Waals surface area contributed by atoms with E-state index >= 15 is 0 Å². The van der Waals surface area contributed by atoms with Crippen molar-refractivity contribution < 1.29 is 4.79 Å². The van der Waals surface area contributed by atoms with Crippen molar-refractivity contribution in [3.8, 4) is 16.8 Å². The van der Waals surface area contributed by atoms with Gasteiger partial charge < -0.3 is 11.5 Å². The van der Waals surface area contributed by atoms with E-state index in [9.17, 15) is 4.79 Å². The summed E-state index contributed by atoms with van der Waals surface area (Å²) < 4.78 is 1.63. The lowest BCUT2D eigenvalue weighted by Crippen LogP contribution is -2.15. The van der Waals surface area contributed by atoms with Crippen molar-refractivity contribution in [3.63, 3.8) is 0 Å². The molecule has 0 aliphatic heterocycles. The van der Waals surface area contributed by atoms with Gasteiger partial charge in [-0.15, -0.1) is 0 Å². The molecular weight excluding hydrogens is 264 g/mol. The van der Waals surface area contributed by atoms with Gasteiger partial charge in [-0.2, -0.15) is 5.10 Å². The number of amides is 1. The van der Waals surface area contributed by atoms with E-state index in [1.54, 1.807) is 29.1 Å². The van der Waals surface area contributed by atoms with Crippen LogP contribution in [0.2, 0.25) is 0 Å². The highest BCUT2D eigenvalue weighted by atomic mass is 16.1. The molecule has 1 amide bonds. The molecule has 0 spiro atoms. The van der Waals surface area contributed by atoms with E-state index in [0.29, 0.717) is 16.9 Å². The van der Waals surface area contributed by atoms with Crippen LogP contribution in [0.15, 0.2) is 60.9 Å². The Balaban J connectivity index is 2.07. The van der Waals surface area contributed by atoms with Crippen LogP contribution in [0.5, 0.6) is 0 Å². The SMILES string of the molecule is NC(=O)c1cc(N)ccc1-n1cc(-c2ccccc2)cn1. The summed E-state index contributed by atoms with van der Waals surface area (Å²) >= 11 is 0. The van der Waals surface area contributed by atoms with Gasteiger partial charge in [-0.3, -0.25) is 4.79 Å². The van der Waals surface area contributed by atoms with Crippen LogP contribution in [-0.4, -0.2) is 15.7 Å². The van der Waals surface area contributed by atoms with Gasteiger partial charge in [0.05, 0.1) is 17.4 Å². The predicted molar refractivity (Wildman–Crippen MR) is 81.9 cm³/mol. The predicted octanol–water partition coefficient (Wildman–Crippen LogP) is 2.22. The van der Waals surface area contributed by atoms with E-state index in [2.05, 4.69) is 5.10 Å². The second-order valence-electron chi connectivity index (χ2n) is 4.68. The molecule has 4 N–H and O–H groups in total. The first kappa shape index (κ1) is 12.9. The normalized spacial score (nSPS) is 10.5. The van der Waals surface area contributed by atoms with Crippen molar-refractivity contribution in [2.24, 2.45) is 5.73 Å². The standard InChI is InChI=1S/C16H14N4O/c17-13-6-7-15(14(8-13)16(18)21)20-10-12(9-19-20)11-4-2-1-3-5-11/h1-10H,17H2,(H2,18,21). The number of hydrogen-bond acceptors (Lipinski definition) is 3. The molecule has 0 radical (unpaired) electrons. The molecule has 0 saturated heterocycles. The molecule has 0 aliphatic rings. The van der Waals surface area contributed by atoms with Gasteiger partial charge in [-0.05, 0) is 23.8 Å². The largest absolute Gasteiger partial charge is 0.399 e. The Labute approximate surface area is 121 Å². The van der Waals surface area contributed by atoms with Crippen molar-refractivity contribution in [1.82, 2.24) is 9.78 Å². The second-order valence-corrected chi connectivity index (χ2v) is 4.68. The minimum Gasteiger partial charge on any atom is -0.399 e. The molecule has 0 saturated carbocycles. The Morgan fingerprint density at radius 2 is 1.81 bits per heavy atom. The van der Waals surface area contributed by atoms with E-state index in [0.717, 1.165) is 11.1 Å². The Hall–Kier alpha value is -3.08. The fraction of sp³-hybridized carbons (Fsp3) is 0. The molecule has 104 valence electrons. The van der Waals surface area contributed by atoms with Gasteiger partial charge in [0.25, 0.3) is 5.91 Å². The van der Waals surface area contributed by atoms with Crippen LogP contribution in [0.25, 0.3) is 16.8 Å². The Morgan fingerprint density at radius 1 is 1.05 bits per heavy atom. The third-order valence-corrected chi connectivity index (χ3v) is 3.22. The number of benzene rings is 2. The lowest BCUT2D eigenvalue weighted by atomic mass is 10.1. The molecule has 2 aromatic carbocycles. The quantitative estimate of drug-likeness (QED) is 0.720. The minimum absolute atomic E-state index is 0.345. The molecule has 0 unspecified atom stereocenters. The van der Waals surface area contributed by atoms with Crippen LogP contribution in [0.1, 0.15) is 10.4 Å². The lowest BCUT2D eigenvalue weighted by Gasteiger charge is -2.07. The molecular formula is C16H14N4O. The first-order chi connectivity index (χ1) is 10.1. The van der Waals surface area contributed by atoms with Gasteiger partial charge in [0.2, 0.25) is 0 Å². The Kier molecular flexibility index (Phi) is 3.16. The number of primary amides is 1. The van der Waals surface area contributed by atoms with Gasteiger partial charge in [-0.1, -0.05) is 30.3 Å². The number of nitrogens with zero attached hydrogens (tertiary/aromatic N) is 2. The number of nitrogen functional groups attached to an aromatic ring is 1. The maximum absolute atomic E-state index is 11.5.